The minimum Gasteiger partial charge on any atom is -0.480 e. The number of amides is 1. The molecular formula is C14H16ClNO3S. The molecule has 0 aliphatic heterocycles. The molecule has 1 saturated carbocycles. The fraction of sp³-hybridized carbons (Fsp3) is 0.429. The first kappa shape index (κ1) is 15.2. The Hall–Kier alpha value is -1.20. The fourth-order valence-corrected chi connectivity index (χ4v) is 2.91. The Morgan fingerprint density at radius 3 is 2.80 bits per heavy atom. The number of carbonyl (C=O) groups is 2. The number of nitrogens with one attached hydrogen (secondary N) is 1. The highest BCUT2D eigenvalue weighted by Crippen LogP contribution is 2.32. The smallest absolute Gasteiger partial charge is 0.326 e. The Labute approximate surface area is 126 Å². The van der Waals surface area contributed by atoms with Gasteiger partial charge in [-0.25, -0.2) is 4.79 Å². The summed E-state index contributed by atoms with van der Waals surface area (Å²) in [5.41, 5.74) is 1.05. The Kier molecular flexibility index (Phi) is 5.31. The molecule has 0 aromatic heterocycles. The molecule has 1 atom stereocenters. The third kappa shape index (κ3) is 4.72. The fourth-order valence-electron chi connectivity index (χ4n) is 1.91. The summed E-state index contributed by atoms with van der Waals surface area (Å²) >= 11 is 7.32. The third-order valence-electron chi connectivity index (χ3n) is 3.07. The number of halogens is 1. The second-order valence-corrected chi connectivity index (χ2v) is 6.27. The lowest BCUT2D eigenvalue weighted by Gasteiger charge is -2.13. The molecule has 2 rings (SSSR count). The number of carboxylic acids is 1. The van der Waals surface area contributed by atoms with Gasteiger partial charge in [0.15, 0.2) is 0 Å². The lowest BCUT2D eigenvalue weighted by molar-refractivity contribution is -0.142. The van der Waals surface area contributed by atoms with E-state index in [0.717, 1.165) is 18.4 Å². The summed E-state index contributed by atoms with van der Waals surface area (Å²) < 4.78 is 0. The molecule has 2 N–H and O–H groups in total. The van der Waals surface area contributed by atoms with Crippen molar-refractivity contribution in [3.8, 4) is 0 Å². The van der Waals surface area contributed by atoms with E-state index in [1.165, 1.54) is 11.8 Å². The van der Waals surface area contributed by atoms with E-state index in [0.29, 0.717) is 10.8 Å². The molecule has 1 unspecified atom stereocenters. The van der Waals surface area contributed by atoms with Crippen LogP contribution in [-0.2, 0) is 15.3 Å². The predicted molar refractivity (Wildman–Crippen MR) is 79.9 cm³/mol. The summed E-state index contributed by atoms with van der Waals surface area (Å²) in [5, 5.41) is 12.3. The molecule has 1 aromatic rings. The number of carboxylic acid groups (broad SMARTS) is 1. The van der Waals surface area contributed by atoms with E-state index in [4.69, 9.17) is 16.7 Å². The van der Waals surface area contributed by atoms with E-state index in [2.05, 4.69) is 5.32 Å². The largest absolute Gasteiger partial charge is 0.480 e. The second-order valence-electron chi connectivity index (χ2n) is 4.84. The molecule has 0 spiro atoms. The van der Waals surface area contributed by atoms with Gasteiger partial charge in [0, 0.05) is 10.8 Å². The summed E-state index contributed by atoms with van der Waals surface area (Å²) in [6.45, 7) is 0. The number of benzene rings is 1. The summed E-state index contributed by atoms with van der Waals surface area (Å²) in [5.74, 6) is -0.135. The zero-order chi connectivity index (χ0) is 14.5. The average Bonchev–Trinajstić information content (AvgIpc) is 3.20. The van der Waals surface area contributed by atoms with Crippen LogP contribution in [0, 0.1) is 5.92 Å². The first-order valence-corrected chi connectivity index (χ1v) is 7.94. The van der Waals surface area contributed by atoms with Gasteiger partial charge in [-0.2, -0.15) is 0 Å². The van der Waals surface area contributed by atoms with Crippen LogP contribution in [0.5, 0.6) is 0 Å². The lowest BCUT2D eigenvalue weighted by atomic mass is 10.2. The Bertz CT molecular complexity index is 505. The first-order chi connectivity index (χ1) is 9.56. The van der Waals surface area contributed by atoms with Gasteiger partial charge in [-0.05, 0) is 36.5 Å². The van der Waals surface area contributed by atoms with Crippen LogP contribution in [0.3, 0.4) is 0 Å². The molecule has 1 amide bonds. The van der Waals surface area contributed by atoms with E-state index in [9.17, 15) is 9.59 Å². The summed E-state index contributed by atoms with van der Waals surface area (Å²) in [4.78, 5) is 22.7. The van der Waals surface area contributed by atoms with E-state index >= 15 is 0 Å². The Balaban J connectivity index is 1.73. The van der Waals surface area contributed by atoms with Crippen molar-refractivity contribution >= 4 is 35.2 Å². The van der Waals surface area contributed by atoms with Gasteiger partial charge in [0.1, 0.15) is 6.04 Å². The number of hydrogen-bond acceptors (Lipinski definition) is 3. The standard InChI is InChI=1S/C14H16ClNO3S/c15-11-3-1-2-9(6-11)7-20-8-12(17)16-13(14(18)19)10-4-5-10/h1-3,6,10,13H,4-5,7-8H2,(H,16,17)(H,18,19). The van der Waals surface area contributed by atoms with Gasteiger partial charge in [-0.1, -0.05) is 23.7 Å². The molecule has 6 heteroatoms. The van der Waals surface area contributed by atoms with Crippen molar-refractivity contribution in [2.75, 3.05) is 5.75 Å². The van der Waals surface area contributed by atoms with Gasteiger partial charge in [0.2, 0.25) is 5.91 Å². The van der Waals surface area contributed by atoms with Crippen LogP contribution in [0.1, 0.15) is 18.4 Å². The van der Waals surface area contributed by atoms with Gasteiger partial charge in [-0.15, -0.1) is 11.8 Å². The van der Waals surface area contributed by atoms with Gasteiger partial charge >= 0.3 is 5.97 Å². The van der Waals surface area contributed by atoms with E-state index in [-0.39, 0.29) is 17.6 Å². The van der Waals surface area contributed by atoms with E-state index in [1.807, 2.05) is 18.2 Å². The molecule has 1 aromatic carbocycles. The van der Waals surface area contributed by atoms with Gasteiger partial charge in [0.25, 0.3) is 0 Å². The van der Waals surface area contributed by atoms with Gasteiger partial charge in [-0.3, -0.25) is 4.79 Å². The third-order valence-corrected chi connectivity index (χ3v) is 4.31. The SMILES string of the molecule is O=C(CSCc1cccc(Cl)c1)NC(C(=O)O)C1CC1. The zero-order valence-electron chi connectivity index (χ0n) is 10.8. The molecule has 1 aliphatic rings. The van der Waals surface area contributed by atoms with Crippen molar-refractivity contribution in [3.05, 3.63) is 34.9 Å². The molecule has 108 valence electrons. The minimum atomic E-state index is -0.944. The summed E-state index contributed by atoms with van der Waals surface area (Å²) in [6, 6.07) is 6.74. The van der Waals surface area contributed by atoms with Crippen molar-refractivity contribution in [1.29, 1.82) is 0 Å². The van der Waals surface area contributed by atoms with Crippen LogP contribution < -0.4 is 5.32 Å². The molecule has 0 radical (unpaired) electrons. The van der Waals surface area contributed by atoms with Crippen LogP contribution in [0.2, 0.25) is 5.02 Å². The molecule has 1 fully saturated rings. The number of aliphatic carboxylic acids is 1. The van der Waals surface area contributed by atoms with Gasteiger partial charge in [0.05, 0.1) is 5.75 Å². The predicted octanol–water partition coefficient (Wildman–Crippen LogP) is 2.55. The van der Waals surface area contributed by atoms with E-state index < -0.39 is 12.0 Å². The molecule has 20 heavy (non-hydrogen) atoms. The van der Waals surface area contributed by atoms with Crippen molar-refractivity contribution in [3.63, 3.8) is 0 Å². The van der Waals surface area contributed by atoms with Crippen LogP contribution >= 0.6 is 23.4 Å². The van der Waals surface area contributed by atoms with Crippen LogP contribution in [-0.4, -0.2) is 28.8 Å². The maximum Gasteiger partial charge on any atom is 0.326 e. The maximum absolute atomic E-state index is 11.7. The van der Waals surface area contributed by atoms with E-state index in [1.54, 1.807) is 6.07 Å². The molecule has 0 bridgehead atoms. The molecule has 0 heterocycles. The van der Waals surface area contributed by atoms with Crippen LogP contribution in [0.4, 0.5) is 0 Å². The number of thioether (sulfide) groups is 1. The zero-order valence-corrected chi connectivity index (χ0v) is 12.4. The first-order valence-electron chi connectivity index (χ1n) is 6.40. The molecular weight excluding hydrogens is 298 g/mol. The highest BCUT2D eigenvalue weighted by atomic mass is 35.5. The summed E-state index contributed by atoms with van der Waals surface area (Å²) in [6.07, 6.45) is 1.76. The molecule has 1 aliphatic carbocycles. The van der Waals surface area contributed by atoms with Crippen LogP contribution in [0.15, 0.2) is 24.3 Å². The van der Waals surface area contributed by atoms with Gasteiger partial charge < -0.3 is 10.4 Å². The van der Waals surface area contributed by atoms with Crippen molar-refractivity contribution in [1.82, 2.24) is 5.32 Å². The van der Waals surface area contributed by atoms with Crippen molar-refractivity contribution < 1.29 is 14.7 Å². The maximum atomic E-state index is 11.7. The normalized spacial score (nSPS) is 15.7. The summed E-state index contributed by atoms with van der Waals surface area (Å²) in [7, 11) is 0. The number of hydrogen-bond donors (Lipinski definition) is 2. The highest BCUT2D eigenvalue weighted by Gasteiger charge is 2.37. The van der Waals surface area contributed by atoms with Crippen molar-refractivity contribution in [2.45, 2.75) is 24.6 Å². The average molecular weight is 314 g/mol. The Morgan fingerprint density at radius 1 is 1.45 bits per heavy atom. The van der Waals surface area contributed by atoms with Crippen LogP contribution in [0.25, 0.3) is 0 Å². The molecule has 0 saturated heterocycles. The molecule has 4 nitrogen and oxygen atoms in total. The highest BCUT2D eigenvalue weighted by molar-refractivity contribution is 7.99. The quantitative estimate of drug-likeness (QED) is 0.812. The number of carbonyl (C=O) groups excluding carboxylic acids is 1. The second kappa shape index (κ2) is 6.99. The minimum absolute atomic E-state index is 0.106. The topological polar surface area (TPSA) is 66.4 Å². The van der Waals surface area contributed by atoms with Crippen molar-refractivity contribution in [2.24, 2.45) is 5.92 Å². The number of rotatable bonds is 7. The monoisotopic (exact) mass is 313 g/mol. The lowest BCUT2D eigenvalue weighted by Crippen LogP contribution is -2.43. The Morgan fingerprint density at radius 2 is 2.20 bits per heavy atom.